The summed E-state index contributed by atoms with van der Waals surface area (Å²) in [6.07, 6.45) is 2.49. The molecule has 0 radical (unpaired) electrons. The van der Waals surface area contributed by atoms with Gasteiger partial charge in [-0.05, 0) is 33.5 Å². The zero-order valence-corrected chi connectivity index (χ0v) is 15.0. The van der Waals surface area contributed by atoms with E-state index >= 15 is 0 Å². The van der Waals surface area contributed by atoms with E-state index in [1.54, 1.807) is 6.20 Å². The first-order valence-corrected chi connectivity index (χ1v) is 10.3. The Morgan fingerprint density at radius 3 is 2.67 bits per heavy atom. The van der Waals surface area contributed by atoms with Crippen molar-refractivity contribution < 1.29 is 4.74 Å². The van der Waals surface area contributed by atoms with Crippen molar-refractivity contribution in [1.82, 2.24) is 4.98 Å². The summed E-state index contributed by atoms with van der Waals surface area (Å²) in [6.45, 7) is 10.8. The molecule has 5 heteroatoms. The summed E-state index contributed by atoms with van der Waals surface area (Å²) in [6, 6.07) is 1.81. The molecule has 1 rings (SSSR count). The van der Waals surface area contributed by atoms with Gasteiger partial charge in [0.2, 0.25) is 0 Å². The Morgan fingerprint density at radius 1 is 1.44 bits per heavy atom. The van der Waals surface area contributed by atoms with Crippen LogP contribution >= 0.6 is 27.5 Å². The van der Waals surface area contributed by atoms with Gasteiger partial charge in [-0.15, -0.1) is 0 Å². The summed E-state index contributed by atoms with van der Waals surface area (Å²) >= 11 is 9.55. The first kappa shape index (κ1) is 16.2. The maximum absolute atomic E-state index is 6.13. The van der Waals surface area contributed by atoms with Gasteiger partial charge in [-0.2, -0.15) is 0 Å². The molecule has 1 heterocycles. The number of rotatable bonds is 6. The van der Waals surface area contributed by atoms with Gasteiger partial charge in [-0.1, -0.05) is 38.5 Å². The Hall–Kier alpha value is 0.0969. The number of halogens is 2. The Bertz CT molecular complexity index is 378. The normalized spacial score (nSPS) is 12.2. The largest absolute Gasteiger partial charge is 0.381 e. The van der Waals surface area contributed by atoms with Crippen LogP contribution in [0, 0.1) is 0 Å². The molecule has 0 aliphatic carbocycles. The van der Waals surface area contributed by atoms with Gasteiger partial charge in [-0.25, -0.2) is 4.98 Å². The highest BCUT2D eigenvalue weighted by Gasteiger charge is 2.23. The summed E-state index contributed by atoms with van der Waals surface area (Å²) in [4.78, 5) is 4.18. The number of hydrogen-bond donors (Lipinski definition) is 0. The summed E-state index contributed by atoms with van der Waals surface area (Å²) in [5.41, 5.74) is 1.03. The van der Waals surface area contributed by atoms with E-state index in [4.69, 9.17) is 16.3 Å². The summed E-state index contributed by atoms with van der Waals surface area (Å²) in [7, 11) is -0.688. The van der Waals surface area contributed by atoms with Gasteiger partial charge in [0, 0.05) is 32.2 Å². The van der Waals surface area contributed by atoms with E-state index in [0.29, 0.717) is 11.6 Å². The topological polar surface area (TPSA) is 22.1 Å². The predicted octanol–water partition coefficient (Wildman–Crippen LogP) is 4.32. The minimum Gasteiger partial charge on any atom is -0.381 e. The summed E-state index contributed by atoms with van der Waals surface area (Å²) < 4.78 is 6.62. The number of nitrogens with zero attached hydrogens (tertiary/aromatic N) is 1. The van der Waals surface area contributed by atoms with Crippen molar-refractivity contribution in [1.29, 1.82) is 0 Å². The minimum atomic E-state index is -0.688. The highest BCUT2D eigenvalue weighted by atomic mass is 79.9. The molecule has 18 heavy (non-hydrogen) atoms. The second kappa shape index (κ2) is 7.03. The quantitative estimate of drug-likeness (QED) is 0.433. The first-order valence-electron chi connectivity index (χ1n) is 6.21. The molecule has 0 unspecified atom stereocenters. The fourth-order valence-electron chi connectivity index (χ4n) is 1.34. The van der Waals surface area contributed by atoms with E-state index in [1.807, 2.05) is 6.07 Å². The molecule has 2 nitrogen and oxygen atoms in total. The third kappa shape index (κ3) is 4.65. The third-order valence-corrected chi connectivity index (χ3v) is 7.81. The Morgan fingerprint density at radius 2 is 2.11 bits per heavy atom. The molecule has 0 bridgehead atoms. The highest BCUT2D eigenvalue weighted by Crippen LogP contribution is 2.28. The average molecular weight is 351 g/mol. The van der Waals surface area contributed by atoms with Crippen LogP contribution in [0.4, 0.5) is 0 Å². The Kier molecular flexibility index (Phi) is 6.31. The van der Waals surface area contributed by atoms with Crippen LogP contribution in [-0.4, -0.2) is 27.0 Å². The van der Waals surface area contributed by atoms with Crippen LogP contribution in [0.3, 0.4) is 0 Å². The smallest absolute Gasteiger partial charge is 0.110 e. The van der Waals surface area contributed by atoms with Crippen LogP contribution in [0.25, 0.3) is 0 Å². The molecule has 0 atom stereocenters. The first-order chi connectivity index (χ1) is 8.34. The fraction of sp³-hybridized carbons (Fsp3) is 0.615. The van der Waals surface area contributed by atoms with Crippen molar-refractivity contribution in [2.24, 2.45) is 0 Å². The monoisotopic (exact) mass is 349 g/mol. The van der Waals surface area contributed by atoms with Gasteiger partial charge < -0.3 is 4.74 Å². The molecule has 0 aliphatic rings. The van der Waals surface area contributed by atoms with E-state index in [9.17, 15) is 0 Å². The van der Waals surface area contributed by atoms with Gasteiger partial charge in [-0.3, -0.25) is 0 Å². The predicted molar refractivity (Wildman–Crippen MR) is 84.4 cm³/mol. The standard InChI is InChI=1S/C13H21BrClNOSi/c1-13(2,18(3)4)9-17-8-6-10-11(15)5-7-16-12(10)14/h5,7,18H,6,8-9H2,1-4H3. The second-order valence-electron chi connectivity index (χ2n) is 5.51. The van der Waals surface area contributed by atoms with Gasteiger partial charge in [0.05, 0.1) is 6.61 Å². The highest BCUT2D eigenvalue weighted by molar-refractivity contribution is 9.10. The molecule has 0 saturated carbocycles. The van der Waals surface area contributed by atoms with Crippen LogP contribution in [0.1, 0.15) is 19.4 Å². The maximum Gasteiger partial charge on any atom is 0.110 e. The fourth-order valence-corrected chi connectivity index (χ4v) is 2.68. The van der Waals surface area contributed by atoms with E-state index in [-0.39, 0.29) is 0 Å². The number of ether oxygens (including phenoxy) is 1. The lowest BCUT2D eigenvalue weighted by Gasteiger charge is -2.27. The van der Waals surface area contributed by atoms with Crippen LogP contribution in [0.15, 0.2) is 16.9 Å². The van der Waals surface area contributed by atoms with Gasteiger partial charge in [0.25, 0.3) is 0 Å². The molecule has 1 aromatic heterocycles. The van der Waals surface area contributed by atoms with Gasteiger partial charge >= 0.3 is 0 Å². The lowest BCUT2D eigenvalue weighted by atomic mass is 10.2. The van der Waals surface area contributed by atoms with Crippen LogP contribution in [0.2, 0.25) is 23.2 Å². The zero-order chi connectivity index (χ0) is 13.8. The summed E-state index contributed by atoms with van der Waals surface area (Å²) in [5, 5.41) is 1.09. The average Bonchev–Trinajstić information content (AvgIpc) is 2.27. The van der Waals surface area contributed by atoms with Crippen LogP contribution in [0.5, 0.6) is 0 Å². The van der Waals surface area contributed by atoms with Crippen molar-refractivity contribution in [2.75, 3.05) is 13.2 Å². The van der Waals surface area contributed by atoms with Crippen molar-refractivity contribution in [3.63, 3.8) is 0 Å². The molecule has 0 fully saturated rings. The Balaban J connectivity index is 2.43. The van der Waals surface area contributed by atoms with Crippen molar-refractivity contribution in [2.45, 2.75) is 38.4 Å². The SMILES string of the molecule is C[SiH](C)C(C)(C)COCCc1c(Cl)ccnc1Br. The van der Waals surface area contributed by atoms with Crippen molar-refractivity contribution >= 4 is 36.3 Å². The van der Waals surface area contributed by atoms with E-state index < -0.39 is 8.80 Å². The number of pyridine rings is 1. The third-order valence-electron chi connectivity index (χ3n) is 3.48. The Labute approximate surface area is 125 Å². The minimum absolute atomic E-state index is 0.343. The number of hydrogen-bond acceptors (Lipinski definition) is 2. The van der Waals surface area contributed by atoms with Crippen molar-refractivity contribution in [3.05, 3.63) is 27.5 Å². The van der Waals surface area contributed by atoms with Crippen LogP contribution in [-0.2, 0) is 11.2 Å². The molecule has 0 amide bonds. The van der Waals surface area contributed by atoms with Gasteiger partial charge in [0.1, 0.15) is 4.60 Å². The lowest BCUT2D eigenvalue weighted by molar-refractivity contribution is 0.116. The molecular formula is C13H21BrClNOSi. The van der Waals surface area contributed by atoms with E-state index in [1.165, 1.54) is 0 Å². The molecule has 0 saturated heterocycles. The number of aromatic nitrogens is 1. The van der Waals surface area contributed by atoms with E-state index in [2.05, 4.69) is 47.9 Å². The molecule has 0 aromatic carbocycles. The maximum atomic E-state index is 6.13. The molecule has 0 spiro atoms. The second-order valence-corrected chi connectivity index (χ2v) is 10.5. The van der Waals surface area contributed by atoms with E-state index in [0.717, 1.165) is 28.2 Å². The molecular weight excluding hydrogens is 330 g/mol. The molecule has 0 N–H and O–H groups in total. The molecule has 102 valence electrons. The van der Waals surface area contributed by atoms with Crippen LogP contribution < -0.4 is 0 Å². The van der Waals surface area contributed by atoms with Crippen molar-refractivity contribution in [3.8, 4) is 0 Å². The zero-order valence-electron chi connectivity index (χ0n) is 11.5. The molecule has 0 aliphatic heterocycles. The molecule has 1 aromatic rings. The lowest BCUT2D eigenvalue weighted by Crippen LogP contribution is -2.26. The van der Waals surface area contributed by atoms with Gasteiger partial charge in [0.15, 0.2) is 0 Å². The summed E-state index contributed by atoms with van der Waals surface area (Å²) in [5.74, 6) is 0.